The summed E-state index contributed by atoms with van der Waals surface area (Å²) in [5.41, 5.74) is 0. The van der Waals surface area contributed by atoms with Crippen LogP contribution >= 0.6 is 0 Å². The van der Waals surface area contributed by atoms with E-state index in [2.05, 4.69) is 74.6 Å². The molecular weight excluding hydrogens is 757 g/mol. The molecule has 0 aliphatic carbocycles. The summed E-state index contributed by atoms with van der Waals surface area (Å²) in [4.78, 5) is 12.8. The van der Waals surface area contributed by atoms with Crippen LogP contribution in [0.25, 0.3) is 0 Å². The molecule has 4 N–H and O–H groups in total. The number of rotatable bonds is 41. The van der Waals surface area contributed by atoms with Crippen molar-refractivity contribution < 1.29 is 44.2 Å². The van der Waals surface area contributed by atoms with Gasteiger partial charge >= 0.3 is 5.97 Å². The van der Waals surface area contributed by atoms with Crippen LogP contribution in [-0.2, 0) is 23.7 Å². The maximum Gasteiger partial charge on any atom is 0.306 e. The lowest BCUT2D eigenvalue weighted by Crippen LogP contribution is -2.59. The molecule has 348 valence electrons. The quantitative estimate of drug-likeness (QED) is 0.0269. The topological polar surface area (TPSA) is 135 Å². The Morgan fingerprint density at radius 3 is 1.53 bits per heavy atom. The van der Waals surface area contributed by atoms with Crippen LogP contribution in [0.1, 0.15) is 194 Å². The van der Waals surface area contributed by atoms with Crippen LogP contribution in [0.2, 0.25) is 0 Å². The highest BCUT2D eigenvalue weighted by atomic mass is 16.7. The van der Waals surface area contributed by atoms with E-state index in [1.807, 2.05) is 0 Å². The van der Waals surface area contributed by atoms with Crippen molar-refractivity contribution in [3.05, 3.63) is 60.8 Å². The average molecular weight is 847 g/mol. The van der Waals surface area contributed by atoms with Gasteiger partial charge in [-0.25, -0.2) is 0 Å². The van der Waals surface area contributed by atoms with Crippen LogP contribution in [-0.4, -0.2) is 89.6 Å². The number of aliphatic hydroxyl groups excluding tert-OH is 4. The fraction of sp³-hybridized carbons (Fsp3) is 0.784. The maximum atomic E-state index is 12.8. The second-order valence-electron chi connectivity index (χ2n) is 16.5. The minimum Gasteiger partial charge on any atom is -0.457 e. The smallest absolute Gasteiger partial charge is 0.306 e. The summed E-state index contributed by atoms with van der Waals surface area (Å²) < 4.78 is 22.8. The third-order valence-electron chi connectivity index (χ3n) is 10.9. The van der Waals surface area contributed by atoms with E-state index in [4.69, 9.17) is 18.9 Å². The standard InChI is InChI=1S/C51H90O9/c1-3-5-7-9-11-13-15-17-19-20-21-22-23-24-25-26-27-28-30-32-34-36-38-40-47(53)59-45(44-58-51-50(56)49(55)48(54)46(42-52)60-51)43-57-41-39-37-35-33-31-29-18-16-14-12-10-8-6-4-2/h6,8,12,14-15,17-18,20-21,29,45-46,48-52,54-56H,3-5,7,9-11,13,16,19,22-28,30-44H2,1-2H3/b8-6-,14-12-,17-15-,21-20-,29-18-. The summed E-state index contributed by atoms with van der Waals surface area (Å²) in [7, 11) is 0. The van der Waals surface area contributed by atoms with Crippen molar-refractivity contribution in [1.29, 1.82) is 0 Å². The Morgan fingerprint density at radius 2 is 1.02 bits per heavy atom. The molecule has 0 aromatic carbocycles. The Bertz CT molecular complexity index is 1100. The van der Waals surface area contributed by atoms with E-state index in [-0.39, 0.29) is 19.2 Å². The van der Waals surface area contributed by atoms with Crippen LogP contribution in [0.4, 0.5) is 0 Å². The van der Waals surface area contributed by atoms with Crippen LogP contribution in [0.15, 0.2) is 60.8 Å². The van der Waals surface area contributed by atoms with Gasteiger partial charge in [0, 0.05) is 13.0 Å². The van der Waals surface area contributed by atoms with Gasteiger partial charge in [-0.3, -0.25) is 4.79 Å². The molecule has 0 radical (unpaired) electrons. The van der Waals surface area contributed by atoms with Gasteiger partial charge in [0.05, 0.1) is 19.8 Å². The van der Waals surface area contributed by atoms with Crippen LogP contribution in [0.5, 0.6) is 0 Å². The summed E-state index contributed by atoms with van der Waals surface area (Å²) in [5.74, 6) is -0.325. The molecule has 0 aromatic heterocycles. The molecule has 60 heavy (non-hydrogen) atoms. The Labute approximate surface area is 366 Å². The Kier molecular flexibility index (Phi) is 39.3. The molecule has 0 aromatic rings. The number of allylic oxidation sites excluding steroid dienone is 10. The summed E-state index contributed by atoms with van der Waals surface area (Å²) >= 11 is 0. The van der Waals surface area contributed by atoms with Gasteiger partial charge in [-0.2, -0.15) is 0 Å². The number of carbonyl (C=O) groups excluding carboxylic acids is 1. The predicted octanol–water partition coefficient (Wildman–Crippen LogP) is 11.5. The molecule has 1 fully saturated rings. The first-order chi connectivity index (χ1) is 29.4. The van der Waals surface area contributed by atoms with Gasteiger partial charge in [0.25, 0.3) is 0 Å². The first kappa shape index (κ1) is 55.9. The van der Waals surface area contributed by atoms with Gasteiger partial charge in [-0.1, -0.05) is 171 Å². The lowest BCUT2D eigenvalue weighted by atomic mass is 9.99. The molecule has 1 saturated heterocycles. The second kappa shape index (κ2) is 42.2. The predicted molar refractivity (Wildman–Crippen MR) is 247 cm³/mol. The van der Waals surface area contributed by atoms with Crippen LogP contribution < -0.4 is 0 Å². The Morgan fingerprint density at radius 1 is 0.550 bits per heavy atom. The van der Waals surface area contributed by atoms with E-state index in [9.17, 15) is 25.2 Å². The van der Waals surface area contributed by atoms with Gasteiger partial charge in [-0.05, 0) is 77.0 Å². The maximum absolute atomic E-state index is 12.8. The van der Waals surface area contributed by atoms with Crippen molar-refractivity contribution in [3.8, 4) is 0 Å². The first-order valence-electron chi connectivity index (χ1n) is 24.4. The number of aliphatic hydroxyl groups is 4. The zero-order valence-electron chi connectivity index (χ0n) is 38.2. The molecule has 0 bridgehead atoms. The van der Waals surface area contributed by atoms with Gasteiger partial charge in [0.1, 0.15) is 30.5 Å². The highest BCUT2D eigenvalue weighted by Gasteiger charge is 2.44. The minimum absolute atomic E-state index is 0.125. The van der Waals surface area contributed by atoms with E-state index >= 15 is 0 Å². The highest BCUT2D eigenvalue weighted by molar-refractivity contribution is 5.69. The summed E-state index contributed by atoms with van der Waals surface area (Å²) in [5, 5.41) is 40.2. The van der Waals surface area contributed by atoms with Crippen molar-refractivity contribution in [1.82, 2.24) is 0 Å². The van der Waals surface area contributed by atoms with E-state index in [0.29, 0.717) is 13.0 Å². The number of unbranched alkanes of at least 4 members (excludes halogenated alkanes) is 20. The molecule has 1 aliphatic rings. The zero-order valence-corrected chi connectivity index (χ0v) is 38.2. The van der Waals surface area contributed by atoms with Crippen LogP contribution in [0, 0.1) is 0 Å². The Balaban J connectivity index is 2.22. The molecule has 9 heteroatoms. The second-order valence-corrected chi connectivity index (χ2v) is 16.5. The van der Waals surface area contributed by atoms with Crippen molar-refractivity contribution >= 4 is 5.97 Å². The molecule has 6 atom stereocenters. The fourth-order valence-electron chi connectivity index (χ4n) is 7.12. The third kappa shape index (κ3) is 32.6. The van der Waals surface area contributed by atoms with E-state index in [0.717, 1.165) is 77.0 Å². The van der Waals surface area contributed by atoms with E-state index in [1.54, 1.807) is 0 Å². The van der Waals surface area contributed by atoms with E-state index in [1.165, 1.54) is 96.3 Å². The molecule has 6 unspecified atom stereocenters. The fourth-order valence-corrected chi connectivity index (χ4v) is 7.12. The number of carbonyl (C=O) groups is 1. The monoisotopic (exact) mass is 847 g/mol. The van der Waals surface area contributed by atoms with Crippen molar-refractivity contribution in [3.63, 3.8) is 0 Å². The van der Waals surface area contributed by atoms with Crippen molar-refractivity contribution in [2.24, 2.45) is 0 Å². The minimum atomic E-state index is -1.54. The largest absolute Gasteiger partial charge is 0.457 e. The Hall–Kier alpha value is -2.11. The third-order valence-corrected chi connectivity index (χ3v) is 10.9. The molecule has 1 heterocycles. The van der Waals surface area contributed by atoms with Gasteiger partial charge in [0.15, 0.2) is 6.29 Å². The highest BCUT2D eigenvalue weighted by Crippen LogP contribution is 2.22. The number of esters is 1. The van der Waals surface area contributed by atoms with E-state index < -0.39 is 43.4 Å². The first-order valence-corrected chi connectivity index (χ1v) is 24.4. The van der Waals surface area contributed by atoms with Gasteiger partial charge < -0.3 is 39.4 Å². The average Bonchev–Trinajstić information content (AvgIpc) is 3.25. The lowest BCUT2D eigenvalue weighted by molar-refractivity contribution is -0.305. The lowest BCUT2D eigenvalue weighted by Gasteiger charge is -2.39. The number of hydrogen-bond acceptors (Lipinski definition) is 9. The zero-order chi connectivity index (χ0) is 43.6. The molecule has 0 saturated carbocycles. The summed E-state index contributed by atoms with van der Waals surface area (Å²) in [6.45, 7) is 4.38. The molecule has 1 rings (SSSR count). The molecule has 1 aliphatic heterocycles. The van der Waals surface area contributed by atoms with Crippen LogP contribution in [0.3, 0.4) is 0 Å². The molecule has 0 amide bonds. The molecule has 9 nitrogen and oxygen atoms in total. The molecular formula is C51H90O9. The SMILES string of the molecule is CC/C=C\C/C=C\C/C=C\CCCCCCOCC(COC1OC(CO)C(O)C(O)C1O)OC(=O)CCCCCCCCCCCCC/C=C\C/C=C\CCCCCCC. The van der Waals surface area contributed by atoms with Crippen molar-refractivity contribution in [2.75, 3.05) is 26.4 Å². The normalized spacial score (nSPS) is 20.5. The van der Waals surface area contributed by atoms with Crippen molar-refractivity contribution in [2.45, 2.75) is 230 Å². The van der Waals surface area contributed by atoms with Gasteiger partial charge in [-0.15, -0.1) is 0 Å². The van der Waals surface area contributed by atoms with Gasteiger partial charge in [0.2, 0.25) is 0 Å². The number of ether oxygens (including phenoxy) is 4. The molecule has 0 spiro atoms. The summed E-state index contributed by atoms with van der Waals surface area (Å²) in [6, 6.07) is 0. The number of hydrogen-bond donors (Lipinski definition) is 4. The summed E-state index contributed by atoms with van der Waals surface area (Å²) in [6.07, 6.45) is 46.8.